The zero-order valence-corrected chi connectivity index (χ0v) is 13.0. The quantitative estimate of drug-likeness (QED) is 0.824. The Morgan fingerprint density at radius 1 is 0.947 bits per heavy atom. The lowest BCUT2D eigenvalue weighted by molar-refractivity contribution is 0.362. The van der Waals surface area contributed by atoms with Crippen molar-refractivity contribution in [1.29, 1.82) is 0 Å². The molecule has 2 heterocycles. The highest BCUT2D eigenvalue weighted by molar-refractivity contribution is 5.82. The van der Waals surface area contributed by atoms with E-state index in [0.717, 1.165) is 22.4 Å². The highest BCUT2D eigenvalue weighted by Gasteiger charge is 2.25. The number of aromatic nitrogens is 4. The number of hydrogen-bond donors (Lipinski definition) is 0. The molecule has 0 unspecified atom stereocenters. The minimum absolute atomic E-state index is 0.0754. The van der Waals surface area contributed by atoms with Gasteiger partial charge in [-0.3, -0.25) is 0 Å². The van der Waals surface area contributed by atoms with Gasteiger partial charge in [0, 0.05) is 0 Å². The minimum atomic E-state index is -0.0754. The van der Waals surface area contributed by atoms with Crippen molar-refractivity contribution in [1.82, 2.24) is 19.7 Å². The summed E-state index contributed by atoms with van der Waals surface area (Å²) in [4.78, 5) is 8.96. The van der Waals surface area contributed by atoms with Crippen LogP contribution in [0.3, 0.4) is 0 Å². The van der Waals surface area contributed by atoms with Crippen LogP contribution in [0.5, 0.6) is 0 Å². The van der Waals surface area contributed by atoms with E-state index in [0.29, 0.717) is 11.8 Å². The normalized spacial score (nSPS) is 12.9. The summed E-state index contributed by atoms with van der Waals surface area (Å²) in [6.45, 7) is 15.1. The maximum Gasteiger partial charge on any atom is 0.162 e. The molecule has 2 aromatic rings. The lowest BCUT2D eigenvalue weighted by atomic mass is 10.0. The van der Waals surface area contributed by atoms with Crippen LogP contribution in [0.4, 0.5) is 0 Å². The molecular weight excluding hydrogens is 236 g/mol. The molecule has 4 heteroatoms. The first-order valence-corrected chi connectivity index (χ1v) is 6.97. The summed E-state index contributed by atoms with van der Waals surface area (Å²) in [7, 11) is 0. The van der Waals surface area contributed by atoms with Crippen molar-refractivity contribution >= 4 is 11.0 Å². The summed E-state index contributed by atoms with van der Waals surface area (Å²) in [5, 5.41) is 5.96. The average Bonchev–Trinajstić information content (AvgIpc) is 2.67. The van der Waals surface area contributed by atoms with Gasteiger partial charge in [-0.15, -0.1) is 0 Å². The average molecular weight is 260 g/mol. The Morgan fingerprint density at radius 3 is 2.00 bits per heavy atom. The molecule has 104 valence electrons. The van der Waals surface area contributed by atoms with Gasteiger partial charge in [0.05, 0.1) is 22.3 Å². The van der Waals surface area contributed by atoms with Gasteiger partial charge >= 0.3 is 0 Å². The number of nitrogens with zero attached hydrogens (tertiary/aromatic N) is 4. The number of fused-ring (bicyclic) bond motifs is 1. The van der Waals surface area contributed by atoms with Crippen LogP contribution in [0.25, 0.3) is 11.0 Å². The summed E-state index contributed by atoms with van der Waals surface area (Å²) >= 11 is 0. The van der Waals surface area contributed by atoms with Crippen LogP contribution in [0.1, 0.15) is 71.7 Å². The van der Waals surface area contributed by atoms with Gasteiger partial charge in [0.15, 0.2) is 5.65 Å². The van der Waals surface area contributed by atoms with Gasteiger partial charge < -0.3 is 0 Å². The molecule has 19 heavy (non-hydrogen) atoms. The zero-order valence-electron chi connectivity index (χ0n) is 13.0. The third kappa shape index (κ3) is 2.36. The lowest BCUT2D eigenvalue weighted by Crippen LogP contribution is -2.23. The molecule has 2 aromatic heterocycles. The maximum absolute atomic E-state index is 4.82. The standard InChI is InChI=1S/C15H24N4/c1-9(2)12-11-13(10(3)4)18-19(15(5,6)7)14(11)17-8-16-12/h8-10H,1-7H3. The van der Waals surface area contributed by atoms with Crippen LogP contribution in [0, 0.1) is 0 Å². The predicted octanol–water partition coefficient (Wildman–Crippen LogP) is 3.83. The largest absolute Gasteiger partial charge is 0.242 e. The van der Waals surface area contributed by atoms with E-state index < -0.39 is 0 Å². The minimum Gasteiger partial charge on any atom is -0.242 e. The molecule has 0 spiro atoms. The Bertz CT molecular complexity index is 588. The van der Waals surface area contributed by atoms with E-state index in [1.807, 2.05) is 4.68 Å². The van der Waals surface area contributed by atoms with Crippen LogP contribution < -0.4 is 0 Å². The first-order valence-electron chi connectivity index (χ1n) is 6.97. The Kier molecular flexibility index (Phi) is 3.37. The van der Waals surface area contributed by atoms with Crippen molar-refractivity contribution in [2.24, 2.45) is 0 Å². The van der Waals surface area contributed by atoms with Gasteiger partial charge in [-0.25, -0.2) is 14.6 Å². The molecule has 0 saturated carbocycles. The van der Waals surface area contributed by atoms with Crippen molar-refractivity contribution in [3.63, 3.8) is 0 Å². The first kappa shape index (κ1) is 14.0. The topological polar surface area (TPSA) is 43.6 Å². The van der Waals surface area contributed by atoms with Crippen LogP contribution in [0.2, 0.25) is 0 Å². The first-order chi connectivity index (χ1) is 8.73. The molecule has 0 amide bonds. The lowest BCUT2D eigenvalue weighted by Gasteiger charge is -2.19. The van der Waals surface area contributed by atoms with Crippen LogP contribution >= 0.6 is 0 Å². The Labute approximate surface area is 115 Å². The zero-order chi connectivity index (χ0) is 14.4. The summed E-state index contributed by atoms with van der Waals surface area (Å²) in [5.41, 5.74) is 3.09. The van der Waals surface area contributed by atoms with E-state index in [4.69, 9.17) is 5.10 Å². The molecular formula is C15H24N4. The Morgan fingerprint density at radius 2 is 1.53 bits per heavy atom. The van der Waals surface area contributed by atoms with Crippen molar-refractivity contribution in [2.75, 3.05) is 0 Å². The second-order valence-corrected chi connectivity index (χ2v) is 6.73. The summed E-state index contributed by atoms with van der Waals surface area (Å²) < 4.78 is 2.03. The highest BCUT2D eigenvalue weighted by Crippen LogP contribution is 2.31. The van der Waals surface area contributed by atoms with Gasteiger partial charge in [-0.1, -0.05) is 27.7 Å². The van der Waals surface area contributed by atoms with E-state index in [1.54, 1.807) is 6.33 Å². The molecule has 2 rings (SSSR count). The fourth-order valence-corrected chi connectivity index (χ4v) is 2.31. The highest BCUT2D eigenvalue weighted by atomic mass is 15.3. The fraction of sp³-hybridized carbons (Fsp3) is 0.667. The van der Waals surface area contributed by atoms with E-state index in [9.17, 15) is 0 Å². The Hall–Kier alpha value is -1.45. The molecule has 0 saturated heterocycles. The number of rotatable bonds is 2. The summed E-state index contributed by atoms with van der Waals surface area (Å²) in [6.07, 6.45) is 1.66. The number of hydrogen-bond acceptors (Lipinski definition) is 3. The summed E-state index contributed by atoms with van der Waals surface area (Å²) in [6, 6.07) is 0. The fourth-order valence-electron chi connectivity index (χ4n) is 2.31. The van der Waals surface area contributed by atoms with Gasteiger partial charge in [0.2, 0.25) is 0 Å². The molecule has 4 nitrogen and oxygen atoms in total. The monoisotopic (exact) mass is 260 g/mol. The third-order valence-corrected chi connectivity index (χ3v) is 3.25. The van der Waals surface area contributed by atoms with E-state index in [1.165, 1.54) is 0 Å². The molecule has 0 bridgehead atoms. The van der Waals surface area contributed by atoms with Crippen molar-refractivity contribution in [3.05, 3.63) is 17.7 Å². The molecule has 0 radical (unpaired) electrons. The van der Waals surface area contributed by atoms with E-state index in [2.05, 4.69) is 58.4 Å². The SMILES string of the molecule is CC(C)c1ncnc2c1c(C(C)C)nn2C(C)(C)C. The molecule has 0 atom stereocenters. The van der Waals surface area contributed by atoms with Crippen molar-refractivity contribution in [3.8, 4) is 0 Å². The van der Waals surface area contributed by atoms with Crippen LogP contribution in [-0.4, -0.2) is 19.7 Å². The summed E-state index contributed by atoms with van der Waals surface area (Å²) in [5.74, 6) is 0.746. The second kappa shape index (κ2) is 4.58. The van der Waals surface area contributed by atoms with Gasteiger partial charge in [-0.2, -0.15) is 5.10 Å². The van der Waals surface area contributed by atoms with Gasteiger partial charge in [-0.05, 0) is 32.6 Å². The molecule has 0 aliphatic rings. The van der Waals surface area contributed by atoms with Gasteiger partial charge in [0.25, 0.3) is 0 Å². The van der Waals surface area contributed by atoms with E-state index >= 15 is 0 Å². The Balaban J connectivity index is 2.87. The maximum atomic E-state index is 4.82. The predicted molar refractivity (Wildman–Crippen MR) is 78.5 cm³/mol. The molecule has 0 N–H and O–H groups in total. The van der Waals surface area contributed by atoms with Crippen LogP contribution in [0.15, 0.2) is 6.33 Å². The molecule has 0 aliphatic carbocycles. The second-order valence-electron chi connectivity index (χ2n) is 6.73. The van der Waals surface area contributed by atoms with E-state index in [-0.39, 0.29) is 5.54 Å². The van der Waals surface area contributed by atoms with Crippen molar-refractivity contribution < 1.29 is 0 Å². The molecule has 0 fully saturated rings. The van der Waals surface area contributed by atoms with Crippen LogP contribution in [-0.2, 0) is 5.54 Å². The smallest absolute Gasteiger partial charge is 0.162 e. The van der Waals surface area contributed by atoms with Crippen molar-refractivity contribution in [2.45, 2.75) is 65.8 Å². The van der Waals surface area contributed by atoms with Gasteiger partial charge in [0.1, 0.15) is 6.33 Å². The molecule has 0 aromatic carbocycles. The molecule has 0 aliphatic heterocycles. The third-order valence-electron chi connectivity index (χ3n) is 3.25.